The van der Waals surface area contributed by atoms with E-state index in [4.69, 9.17) is 23.2 Å². The first kappa shape index (κ1) is 22.9. The van der Waals surface area contributed by atoms with Crippen LogP contribution >= 0.6 is 31.0 Å². The average Bonchev–Trinajstić information content (AvgIpc) is 2.57. The molecule has 0 aromatic heterocycles. The van der Waals surface area contributed by atoms with Gasteiger partial charge in [-0.2, -0.15) is 0 Å². The Balaban J connectivity index is 0.000000345. The molecule has 3 rings (SSSR count). The van der Waals surface area contributed by atoms with Crippen LogP contribution in [0.25, 0.3) is 0 Å². The van der Waals surface area contributed by atoms with Crippen LogP contribution in [0.1, 0.15) is 0 Å². The van der Waals surface area contributed by atoms with Crippen molar-refractivity contribution in [3.63, 3.8) is 0 Å². The summed E-state index contributed by atoms with van der Waals surface area (Å²) in [5.74, 6) is 0. The van der Waals surface area contributed by atoms with Gasteiger partial charge in [-0.3, -0.25) is 0 Å². The van der Waals surface area contributed by atoms with Crippen molar-refractivity contribution in [2.75, 3.05) is 0 Å². The monoisotopic (exact) mass is 476 g/mol. The fraction of sp³-hybridized carbons (Fsp3) is 0. The molecular weight excluding hydrogens is 464 g/mol. The van der Waals surface area contributed by atoms with Gasteiger partial charge >= 0.3 is 33.0 Å². The molecule has 3 aromatic carbocycles. The molecule has 0 aliphatic carbocycles. The number of rotatable bonds is 3. The molecule has 152 valence electrons. The maximum absolute atomic E-state index is 10.7. The number of hydrogen-bond donors (Lipinski definition) is 0. The van der Waals surface area contributed by atoms with Gasteiger partial charge in [0.2, 0.25) is 0 Å². The van der Waals surface area contributed by atoms with Crippen molar-refractivity contribution in [3.8, 4) is 0 Å². The molecule has 0 unspecified atom stereocenters. The van der Waals surface area contributed by atoms with E-state index in [1.807, 2.05) is 30.3 Å². The fourth-order valence-electron chi connectivity index (χ4n) is 2.11. The van der Waals surface area contributed by atoms with Crippen LogP contribution in [0, 0.1) is 0 Å². The van der Waals surface area contributed by atoms with Gasteiger partial charge in [0.05, 0.1) is 10.9 Å². The Bertz CT molecular complexity index is 858. The van der Waals surface area contributed by atoms with Gasteiger partial charge in [-0.25, -0.2) is 0 Å². The first-order valence-electron chi connectivity index (χ1n) is 7.56. The van der Waals surface area contributed by atoms with Crippen molar-refractivity contribution < 1.29 is 25.2 Å². The van der Waals surface area contributed by atoms with E-state index in [1.165, 1.54) is 14.7 Å². The van der Waals surface area contributed by atoms with Crippen LogP contribution in [0.15, 0.2) is 93.5 Å². The summed E-state index contributed by atoms with van der Waals surface area (Å²) in [5.41, 5.74) is 0. The Morgan fingerprint density at radius 1 is 0.500 bits per heavy atom. The second-order valence-corrected chi connectivity index (χ2v) is 10.3. The number of halogens is 8. The van der Waals surface area contributed by atoms with Crippen molar-refractivity contribution in [1.82, 2.24) is 0 Å². The summed E-state index contributed by atoms with van der Waals surface area (Å²) in [4.78, 5) is 3.77. The Hall–Kier alpha value is -1.40. The molecule has 28 heavy (non-hydrogen) atoms. The van der Waals surface area contributed by atoms with Crippen molar-refractivity contribution in [2.24, 2.45) is 0 Å². The van der Waals surface area contributed by atoms with Crippen LogP contribution in [0.5, 0.6) is 0 Å². The molecule has 0 N–H and O–H groups in total. The molecule has 0 atom stereocenters. The van der Waals surface area contributed by atoms with Crippen LogP contribution < -0.4 is 0 Å². The molecule has 10 heteroatoms. The second kappa shape index (κ2) is 7.79. The van der Waals surface area contributed by atoms with Gasteiger partial charge < -0.3 is 0 Å². The van der Waals surface area contributed by atoms with E-state index >= 15 is 0 Å². The first-order valence-corrected chi connectivity index (χ1v) is 11.6. The van der Waals surface area contributed by atoms with Gasteiger partial charge in [0.15, 0.2) is 14.7 Å². The average molecular weight is 477 g/mol. The van der Waals surface area contributed by atoms with Gasteiger partial charge in [-0.05, 0) is 60.7 Å². The standard InChI is InChI=1S/C18H13Cl2S.F6P/c19-14-6-10-17(11-7-14)21(16-4-2-1-3-5-16)18-12-8-15(20)9-13-18;1-7(2,3,4,5)6/h1-13H;/q+1;-1. The quantitative estimate of drug-likeness (QED) is 0.200. The predicted molar refractivity (Wildman–Crippen MR) is 105 cm³/mol. The van der Waals surface area contributed by atoms with Crippen LogP contribution in [-0.2, 0) is 10.9 Å². The third kappa shape index (κ3) is 9.20. The van der Waals surface area contributed by atoms with E-state index in [2.05, 4.69) is 48.5 Å². The summed E-state index contributed by atoms with van der Waals surface area (Å²) >= 11 is 12.0. The molecule has 0 fully saturated rings. The van der Waals surface area contributed by atoms with Gasteiger partial charge in [0.25, 0.3) is 0 Å². The number of benzene rings is 3. The normalized spacial score (nSPS) is 13.9. The zero-order valence-corrected chi connectivity index (χ0v) is 17.1. The van der Waals surface area contributed by atoms with Crippen molar-refractivity contribution in [2.45, 2.75) is 14.7 Å². The topological polar surface area (TPSA) is 0 Å². The molecule has 0 aliphatic rings. The van der Waals surface area contributed by atoms with Gasteiger partial charge in [0, 0.05) is 10.0 Å². The Kier molecular flexibility index (Phi) is 6.37. The van der Waals surface area contributed by atoms with E-state index in [-0.39, 0.29) is 10.9 Å². The van der Waals surface area contributed by atoms with Crippen LogP contribution in [0.4, 0.5) is 25.2 Å². The van der Waals surface area contributed by atoms with E-state index in [9.17, 15) is 25.2 Å². The third-order valence-corrected chi connectivity index (χ3v) is 5.81. The first-order chi connectivity index (χ1) is 12.7. The van der Waals surface area contributed by atoms with Crippen LogP contribution in [-0.4, -0.2) is 0 Å². The Morgan fingerprint density at radius 3 is 1.11 bits per heavy atom. The summed E-state index contributed by atoms with van der Waals surface area (Å²) in [7, 11) is -10.8. The van der Waals surface area contributed by atoms with Crippen molar-refractivity contribution in [1.29, 1.82) is 0 Å². The predicted octanol–water partition coefficient (Wildman–Crippen LogP) is 9.47. The Labute approximate surface area is 170 Å². The van der Waals surface area contributed by atoms with Crippen molar-refractivity contribution >= 4 is 41.9 Å². The third-order valence-electron chi connectivity index (χ3n) is 3.08. The molecule has 0 amide bonds. The van der Waals surface area contributed by atoms with E-state index in [0.29, 0.717) is 0 Å². The van der Waals surface area contributed by atoms with Gasteiger partial charge in [-0.1, -0.05) is 41.4 Å². The molecule has 0 heterocycles. The molecule has 0 spiro atoms. The Morgan fingerprint density at radius 2 is 0.786 bits per heavy atom. The van der Waals surface area contributed by atoms with Crippen LogP contribution in [0.2, 0.25) is 10.0 Å². The molecular formula is C18H13Cl2F6PS. The van der Waals surface area contributed by atoms with E-state index in [1.54, 1.807) is 0 Å². The minimum absolute atomic E-state index is 0.148. The van der Waals surface area contributed by atoms with Gasteiger partial charge in [-0.15, -0.1) is 0 Å². The van der Waals surface area contributed by atoms with Crippen LogP contribution in [0.3, 0.4) is 0 Å². The summed E-state index contributed by atoms with van der Waals surface area (Å²) in [6.07, 6.45) is 0. The van der Waals surface area contributed by atoms with E-state index in [0.717, 1.165) is 10.0 Å². The zero-order valence-electron chi connectivity index (χ0n) is 13.9. The molecule has 0 bridgehead atoms. The summed E-state index contributed by atoms with van der Waals surface area (Å²) in [5, 5.41) is 1.51. The molecule has 0 radical (unpaired) electrons. The molecule has 0 saturated heterocycles. The fourth-order valence-corrected chi connectivity index (χ4v) is 4.42. The second-order valence-electron chi connectivity index (χ2n) is 5.49. The molecule has 0 aliphatic heterocycles. The SMILES string of the molecule is Clc1ccc([S+](c2ccccc2)c2ccc(Cl)cc2)cc1.F[P-](F)(F)(F)(F)F. The molecule has 0 saturated carbocycles. The van der Waals surface area contributed by atoms with Gasteiger partial charge in [0.1, 0.15) is 0 Å². The molecule has 3 aromatic rings. The summed E-state index contributed by atoms with van der Waals surface area (Å²) in [6, 6.07) is 26.6. The molecule has 0 nitrogen and oxygen atoms in total. The minimum atomic E-state index is -10.7. The summed E-state index contributed by atoms with van der Waals surface area (Å²) < 4.78 is 59.2. The maximum atomic E-state index is 9.87. The van der Waals surface area contributed by atoms with E-state index < -0.39 is 7.81 Å². The zero-order chi connectivity index (χ0) is 21.1. The summed E-state index contributed by atoms with van der Waals surface area (Å²) in [6.45, 7) is 0. The van der Waals surface area contributed by atoms with Crippen molar-refractivity contribution in [3.05, 3.63) is 88.9 Å². The number of hydrogen-bond acceptors (Lipinski definition) is 0.